The highest BCUT2D eigenvalue weighted by molar-refractivity contribution is 7.18. The van der Waals surface area contributed by atoms with Crippen LogP contribution in [0.5, 0.6) is 0 Å². The highest BCUT2D eigenvalue weighted by Gasteiger charge is 2.38. The maximum absolute atomic E-state index is 14.0. The van der Waals surface area contributed by atoms with Crippen molar-refractivity contribution < 1.29 is 32.3 Å². The molecular weight excluding hydrogens is 545 g/mol. The van der Waals surface area contributed by atoms with Gasteiger partial charge >= 0.3 is 6.18 Å². The average molecular weight is 573 g/mol. The van der Waals surface area contributed by atoms with Crippen LogP contribution in [0.25, 0.3) is 0 Å². The van der Waals surface area contributed by atoms with Gasteiger partial charge in [0.15, 0.2) is 0 Å². The summed E-state index contributed by atoms with van der Waals surface area (Å²) in [5.41, 5.74) is -1.38. The summed E-state index contributed by atoms with van der Waals surface area (Å²) < 4.78 is 47.4. The zero-order chi connectivity index (χ0) is 27.4. The number of alkyl halides is 3. The molecule has 206 valence electrons. The Hall–Kier alpha value is -2.67. The van der Waals surface area contributed by atoms with Crippen LogP contribution in [0.2, 0.25) is 4.34 Å². The van der Waals surface area contributed by atoms with Crippen LogP contribution in [-0.4, -0.2) is 68.1 Å². The van der Waals surface area contributed by atoms with Gasteiger partial charge in [-0.3, -0.25) is 19.3 Å². The van der Waals surface area contributed by atoms with Gasteiger partial charge in [0.25, 0.3) is 11.8 Å². The predicted octanol–water partition coefficient (Wildman–Crippen LogP) is 4.25. The van der Waals surface area contributed by atoms with Crippen LogP contribution in [0.1, 0.15) is 35.0 Å². The molecular formula is C25H28ClF3N4O4S. The quantitative estimate of drug-likeness (QED) is 0.444. The predicted molar refractivity (Wildman–Crippen MR) is 139 cm³/mol. The number of nitrogens with one attached hydrogen (secondary N) is 2. The van der Waals surface area contributed by atoms with E-state index in [1.165, 1.54) is 12.1 Å². The van der Waals surface area contributed by atoms with Gasteiger partial charge in [0.05, 0.1) is 27.1 Å². The fourth-order valence-corrected chi connectivity index (χ4v) is 5.24. The number of morpholine rings is 1. The molecule has 1 aromatic carbocycles. The van der Waals surface area contributed by atoms with Gasteiger partial charge in [-0.25, -0.2) is 0 Å². The van der Waals surface area contributed by atoms with E-state index >= 15 is 0 Å². The topological polar surface area (TPSA) is 91.0 Å². The van der Waals surface area contributed by atoms with Gasteiger partial charge in [0, 0.05) is 25.3 Å². The molecule has 0 radical (unpaired) electrons. The minimum Gasteiger partial charge on any atom is -0.370 e. The van der Waals surface area contributed by atoms with Crippen LogP contribution in [0.3, 0.4) is 0 Å². The van der Waals surface area contributed by atoms with Crippen LogP contribution in [0.15, 0.2) is 30.3 Å². The number of anilines is 2. The molecule has 8 nitrogen and oxygen atoms in total. The first-order valence-corrected chi connectivity index (χ1v) is 13.4. The molecule has 3 amide bonds. The average Bonchev–Trinajstić information content (AvgIpc) is 3.59. The van der Waals surface area contributed by atoms with Gasteiger partial charge < -0.3 is 20.3 Å². The normalized spacial score (nSPS) is 17.0. The van der Waals surface area contributed by atoms with Crippen LogP contribution in [0.4, 0.5) is 24.5 Å². The van der Waals surface area contributed by atoms with Gasteiger partial charge in [-0.2, -0.15) is 13.2 Å². The molecule has 2 fully saturated rings. The third kappa shape index (κ3) is 7.04. The van der Waals surface area contributed by atoms with Gasteiger partial charge in [-0.1, -0.05) is 18.5 Å². The second-order valence-corrected chi connectivity index (χ2v) is 10.9. The van der Waals surface area contributed by atoms with Crippen LogP contribution < -0.4 is 15.5 Å². The summed E-state index contributed by atoms with van der Waals surface area (Å²) in [6, 6.07) is 5.72. The van der Waals surface area contributed by atoms with Crippen LogP contribution in [0, 0.1) is 5.92 Å². The number of amides is 3. The molecule has 4 rings (SSSR count). The van der Waals surface area contributed by atoms with Gasteiger partial charge in [0.1, 0.15) is 12.6 Å². The van der Waals surface area contributed by atoms with Crippen molar-refractivity contribution in [2.24, 2.45) is 5.92 Å². The molecule has 2 aromatic rings. The monoisotopic (exact) mass is 572 g/mol. The van der Waals surface area contributed by atoms with Crippen molar-refractivity contribution >= 4 is 52.0 Å². The van der Waals surface area contributed by atoms with E-state index in [2.05, 4.69) is 10.6 Å². The summed E-state index contributed by atoms with van der Waals surface area (Å²) in [6.07, 6.45) is -2.67. The highest BCUT2D eigenvalue weighted by Crippen LogP contribution is 2.39. The Labute approximate surface area is 227 Å². The van der Waals surface area contributed by atoms with Crippen molar-refractivity contribution in [1.29, 1.82) is 0 Å². The number of halogens is 4. The van der Waals surface area contributed by atoms with E-state index in [0.717, 1.165) is 35.1 Å². The third-order valence-electron chi connectivity index (χ3n) is 6.44. The third-order valence-corrected chi connectivity index (χ3v) is 7.67. The Morgan fingerprint density at radius 2 is 2.03 bits per heavy atom. The largest absolute Gasteiger partial charge is 0.418 e. The zero-order valence-electron chi connectivity index (χ0n) is 20.6. The number of rotatable bonds is 10. The van der Waals surface area contributed by atoms with Crippen molar-refractivity contribution in [3.05, 3.63) is 45.1 Å². The lowest BCUT2D eigenvalue weighted by molar-refractivity contribution is -0.137. The maximum Gasteiger partial charge on any atom is 0.418 e. The molecule has 1 aliphatic heterocycles. The Bertz CT molecular complexity index is 1190. The van der Waals surface area contributed by atoms with Crippen LogP contribution in [-0.2, 0) is 20.5 Å². The molecule has 1 saturated carbocycles. The van der Waals surface area contributed by atoms with E-state index in [4.69, 9.17) is 16.3 Å². The molecule has 38 heavy (non-hydrogen) atoms. The molecule has 2 heterocycles. The van der Waals surface area contributed by atoms with E-state index in [9.17, 15) is 27.6 Å². The molecule has 2 N–H and O–H groups in total. The fraction of sp³-hybridized carbons (Fsp3) is 0.480. The molecule has 1 atom stereocenters. The number of hydrogen-bond donors (Lipinski definition) is 2. The molecule has 0 spiro atoms. The van der Waals surface area contributed by atoms with Crippen molar-refractivity contribution in [2.75, 3.05) is 49.6 Å². The van der Waals surface area contributed by atoms with Gasteiger partial charge in [-0.15, -0.1) is 11.3 Å². The molecule has 1 saturated heterocycles. The molecule has 13 heteroatoms. The van der Waals surface area contributed by atoms with Crippen molar-refractivity contribution in [3.63, 3.8) is 0 Å². The second kappa shape index (κ2) is 12.0. The number of thiophene rings is 1. The minimum absolute atomic E-state index is 0.00251. The number of ether oxygens (including phenoxy) is 1. The summed E-state index contributed by atoms with van der Waals surface area (Å²) >= 11 is 7.02. The summed E-state index contributed by atoms with van der Waals surface area (Å²) in [5.74, 6) is -1.05. The number of hydrogen-bond acceptors (Lipinski definition) is 6. The number of carbonyl (C=O) groups is 3. The number of carbonyl (C=O) groups excluding carboxylic acids is 3. The Morgan fingerprint density at radius 1 is 1.26 bits per heavy atom. The van der Waals surface area contributed by atoms with Crippen molar-refractivity contribution in [3.8, 4) is 0 Å². The Kier molecular flexibility index (Phi) is 8.96. The first kappa shape index (κ1) is 28.3. The zero-order valence-corrected chi connectivity index (χ0v) is 22.2. The van der Waals surface area contributed by atoms with E-state index in [1.807, 2.05) is 11.8 Å². The summed E-state index contributed by atoms with van der Waals surface area (Å²) in [6.45, 7) is 2.83. The SMILES string of the molecule is CCN(CC1CC1)[C@@H](CNC(=O)c1ccc(Cl)s1)C(=O)Nc1ccc(N2CCOCC2=O)c(C(F)(F)F)c1. The van der Waals surface area contributed by atoms with Gasteiger partial charge in [0.2, 0.25) is 5.91 Å². The van der Waals surface area contributed by atoms with E-state index in [-0.39, 0.29) is 43.6 Å². The first-order valence-electron chi connectivity index (χ1n) is 12.2. The Balaban J connectivity index is 1.54. The van der Waals surface area contributed by atoms with E-state index < -0.39 is 29.6 Å². The first-order chi connectivity index (χ1) is 18.1. The number of nitrogens with zero attached hydrogens (tertiary/aromatic N) is 2. The molecule has 1 aromatic heterocycles. The maximum atomic E-state index is 14.0. The van der Waals surface area contributed by atoms with Crippen molar-refractivity contribution in [2.45, 2.75) is 32.0 Å². The second-order valence-electron chi connectivity index (χ2n) is 9.18. The lowest BCUT2D eigenvalue weighted by Crippen LogP contribution is -2.51. The lowest BCUT2D eigenvalue weighted by Gasteiger charge is -2.31. The van der Waals surface area contributed by atoms with E-state index in [1.54, 1.807) is 12.1 Å². The van der Waals surface area contributed by atoms with E-state index in [0.29, 0.717) is 28.2 Å². The minimum atomic E-state index is -4.76. The summed E-state index contributed by atoms with van der Waals surface area (Å²) in [5, 5.41) is 5.35. The summed E-state index contributed by atoms with van der Waals surface area (Å²) in [7, 11) is 0. The molecule has 1 aliphatic carbocycles. The Morgan fingerprint density at radius 3 is 2.63 bits per heavy atom. The molecule has 0 bridgehead atoms. The number of likely N-dealkylation sites (N-methyl/N-ethyl adjacent to an activating group) is 1. The molecule has 0 unspecified atom stereocenters. The number of benzene rings is 1. The fourth-order valence-electron chi connectivity index (χ4n) is 4.28. The van der Waals surface area contributed by atoms with Crippen molar-refractivity contribution in [1.82, 2.24) is 10.2 Å². The molecule has 2 aliphatic rings. The highest BCUT2D eigenvalue weighted by atomic mass is 35.5. The van der Waals surface area contributed by atoms with Crippen LogP contribution >= 0.6 is 22.9 Å². The standard InChI is InChI=1S/C25H28ClF3N4O4S/c1-2-32(13-15-3-4-15)19(12-30-24(36)20-7-8-21(26)38-20)23(35)31-16-5-6-18(17(11-16)25(27,28)29)33-9-10-37-14-22(33)34/h5-8,11,15,19H,2-4,9-10,12-14H2,1H3,(H,30,36)(H,31,35)/t19-/m0/s1. The lowest BCUT2D eigenvalue weighted by atomic mass is 10.1. The van der Waals surface area contributed by atoms with Gasteiger partial charge in [-0.05, 0) is 55.6 Å². The smallest absolute Gasteiger partial charge is 0.370 e. The summed E-state index contributed by atoms with van der Waals surface area (Å²) in [4.78, 5) is 41.5.